The van der Waals surface area contributed by atoms with Gasteiger partial charge in [0.05, 0.1) is 11.6 Å². The fourth-order valence-corrected chi connectivity index (χ4v) is 3.94. The Balaban J connectivity index is 1.52. The Kier molecular flexibility index (Phi) is 6.65. The summed E-state index contributed by atoms with van der Waals surface area (Å²) in [4.78, 5) is 42.2. The number of rotatable bonds is 5. The lowest BCUT2D eigenvalue weighted by Crippen LogP contribution is -2.50. The van der Waals surface area contributed by atoms with Gasteiger partial charge in [0.25, 0.3) is 11.5 Å². The van der Waals surface area contributed by atoms with Crippen LogP contribution in [-0.4, -0.2) is 52.9 Å². The van der Waals surface area contributed by atoms with Gasteiger partial charge in [-0.15, -0.1) is 0 Å². The second-order valence-corrected chi connectivity index (χ2v) is 8.12. The van der Waals surface area contributed by atoms with Gasteiger partial charge in [-0.1, -0.05) is 30.3 Å². The minimum absolute atomic E-state index is 0.113. The molecule has 1 aromatic heterocycles. The van der Waals surface area contributed by atoms with E-state index in [0.29, 0.717) is 18.8 Å². The predicted molar refractivity (Wildman–Crippen MR) is 123 cm³/mol. The molecule has 2 aromatic carbocycles. The maximum atomic E-state index is 13.2. The molecule has 2 heterocycles. The van der Waals surface area contributed by atoms with Crippen LogP contribution >= 0.6 is 0 Å². The van der Waals surface area contributed by atoms with E-state index in [9.17, 15) is 18.8 Å². The first-order valence-corrected chi connectivity index (χ1v) is 10.7. The molecule has 7 nitrogen and oxygen atoms in total. The van der Waals surface area contributed by atoms with E-state index < -0.39 is 11.7 Å². The Morgan fingerprint density at radius 2 is 1.73 bits per heavy atom. The van der Waals surface area contributed by atoms with E-state index >= 15 is 0 Å². The van der Waals surface area contributed by atoms with E-state index in [4.69, 9.17) is 0 Å². The van der Waals surface area contributed by atoms with Crippen molar-refractivity contribution in [2.75, 3.05) is 32.0 Å². The van der Waals surface area contributed by atoms with Crippen molar-refractivity contribution < 1.29 is 14.0 Å². The van der Waals surface area contributed by atoms with Crippen molar-refractivity contribution in [2.24, 2.45) is 0 Å². The van der Waals surface area contributed by atoms with E-state index in [1.807, 2.05) is 37.4 Å². The number of carbonyl (C=O) groups is 2. The molecular weight excluding hydrogens is 423 g/mol. The largest absolute Gasteiger partial charge is 0.332 e. The number of halogens is 1. The van der Waals surface area contributed by atoms with Gasteiger partial charge in [-0.25, -0.2) is 4.39 Å². The molecule has 0 spiro atoms. The van der Waals surface area contributed by atoms with E-state index in [1.54, 1.807) is 4.90 Å². The summed E-state index contributed by atoms with van der Waals surface area (Å²) in [5, 5.41) is 2.66. The predicted octanol–water partition coefficient (Wildman–Crippen LogP) is 2.76. The number of aromatic nitrogens is 1. The van der Waals surface area contributed by atoms with Crippen LogP contribution in [0.25, 0.3) is 0 Å². The highest BCUT2D eigenvalue weighted by Gasteiger charge is 2.30. The van der Waals surface area contributed by atoms with Crippen molar-refractivity contribution in [3.63, 3.8) is 0 Å². The molecule has 2 amide bonds. The first kappa shape index (κ1) is 22.4. The van der Waals surface area contributed by atoms with Gasteiger partial charge in [-0.3, -0.25) is 14.4 Å². The van der Waals surface area contributed by atoms with Crippen molar-refractivity contribution in [2.45, 2.75) is 12.6 Å². The van der Waals surface area contributed by atoms with Crippen molar-refractivity contribution >= 4 is 17.5 Å². The number of benzene rings is 2. The van der Waals surface area contributed by atoms with E-state index in [-0.39, 0.29) is 29.6 Å². The molecule has 4 rings (SSSR count). The summed E-state index contributed by atoms with van der Waals surface area (Å²) in [6.07, 6.45) is 1.38. The average molecular weight is 448 g/mol. The van der Waals surface area contributed by atoms with Crippen LogP contribution in [0.4, 0.5) is 10.1 Å². The molecule has 0 saturated carbocycles. The Morgan fingerprint density at radius 1 is 1.00 bits per heavy atom. The highest BCUT2D eigenvalue weighted by Crippen LogP contribution is 2.25. The van der Waals surface area contributed by atoms with Crippen LogP contribution < -0.4 is 10.9 Å². The third kappa shape index (κ3) is 5.35. The van der Waals surface area contributed by atoms with Crippen molar-refractivity contribution in [3.05, 3.63) is 100 Å². The van der Waals surface area contributed by atoms with Crippen LogP contribution in [0.3, 0.4) is 0 Å². The van der Waals surface area contributed by atoms with Gasteiger partial charge >= 0.3 is 0 Å². The number of anilines is 1. The minimum Gasteiger partial charge on any atom is -0.332 e. The zero-order valence-corrected chi connectivity index (χ0v) is 18.3. The lowest BCUT2D eigenvalue weighted by atomic mass is 10.0. The third-order valence-corrected chi connectivity index (χ3v) is 5.74. The molecule has 170 valence electrons. The first-order valence-electron chi connectivity index (χ1n) is 10.7. The SMILES string of the molecule is CN1CCN(C(=O)Cn2cc(C(=O)Nc3ccc(F)cc3)ccc2=O)[C@H](c2ccccc2)C1. The lowest BCUT2D eigenvalue weighted by Gasteiger charge is -2.40. The van der Waals surface area contributed by atoms with Crippen LogP contribution in [0.1, 0.15) is 22.0 Å². The van der Waals surface area contributed by atoms with Crippen LogP contribution in [-0.2, 0) is 11.3 Å². The summed E-state index contributed by atoms with van der Waals surface area (Å²) < 4.78 is 14.3. The maximum Gasteiger partial charge on any atom is 0.257 e. The molecule has 1 saturated heterocycles. The molecule has 1 aliphatic rings. The molecule has 0 bridgehead atoms. The summed E-state index contributed by atoms with van der Waals surface area (Å²) in [6.45, 7) is 1.83. The second kappa shape index (κ2) is 9.79. The van der Waals surface area contributed by atoms with E-state index in [1.165, 1.54) is 47.2 Å². The van der Waals surface area contributed by atoms with Crippen LogP contribution in [0.15, 0.2) is 77.7 Å². The van der Waals surface area contributed by atoms with Crippen molar-refractivity contribution in [1.82, 2.24) is 14.4 Å². The van der Waals surface area contributed by atoms with Gasteiger partial charge in [0.15, 0.2) is 0 Å². The Bertz CT molecular complexity index is 1190. The highest BCUT2D eigenvalue weighted by atomic mass is 19.1. The zero-order valence-electron chi connectivity index (χ0n) is 18.3. The summed E-state index contributed by atoms with van der Waals surface area (Å²) in [6, 6.07) is 17.8. The Morgan fingerprint density at radius 3 is 2.45 bits per heavy atom. The molecule has 8 heteroatoms. The quantitative estimate of drug-likeness (QED) is 0.652. The molecule has 1 atom stereocenters. The topological polar surface area (TPSA) is 74.7 Å². The summed E-state index contributed by atoms with van der Waals surface area (Å²) in [7, 11) is 2.02. The fraction of sp³-hybridized carbons (Fsp3) is 0.240. The molecule has 1 fully saturated rings. The number of likely N-dealkylation sites (N-methyl/N-ethyl adjacent to an activating group) is 1. The molecule has 0 radical (unpaired) electrons. The van der Waals surface area contributed by atoms with Gasteiger partial charge < -0.3 is 19.7 Å². The molecule has 0 unspecified atom stereocenters. The van der Waals surface area contributed by atoms with Gasteiger partial charge in [-0.05, 0) is 42.9 Å². The van der Waals surface area contributed by atoms with Crippen molar-refractivity contribution in [3.8, 4) is 0 Å². The van der Waals surface area contributed by atoms with Crippen LogP contribution in [0.2, 0.25) is 0 Å². The molecule has 33 heavy (non-hydrogen) atoms. The Hall–Kier alpha value is -3.78. The van der Waals surface area contributed by atoms with Gasteiger partial charge in [-0.2, -0.15) is 0 Å². The van der Waals surface area contributed by atoms with Crippen LogP contribution in [0, 0.1) is 5.82 Å². The number of piperazine rings is 1. The number of amides is 2. The zero-order chi connectivity index (χ0) is 23.4. The number of hydrogen-bond acceptors (Lipinski definition) is 4. The molecule has 3 aromatic rings. The molecular formula is C25H25FN4O3. The monoisotopic (exact) mass is 448 g/mol. The lowest BCUT2D eigenvalue weighted by molar-refractivity contribution is -0.136. The average Bonchev–Trinajstić information content (AvgIpc) is 2.82. The molecule has 1 N–H and O–H groups in total. The van der Waals surface area contributed by atoms with Crippen LogP contribution in [0.5, 0.6) is 0 Å². The van der Waals surface area contributed by atoms with Gasteiger partial charge in [0.1, 0.15) is 12.4 Å². The van der Waals surface area contributed by atoms with Gasteiger partial charge in [0, 0.05) is 37.6 Å². The number of hydrogen-bond donors (Lipinski definition) is 1. The number of nitrogens with one attached hydrogen (secondary N) is 1. The maximum absolute atomic E-state index is 13.2. The third-order valence-electron chi connectivity index (χ3n) is 5.74. The summed E-state index contributed by atoms with van der Waals surface area (Å²) >= 11 is 0. The van der Waals surface area contributed by atoms with E-state index in [0.717, 1.165) is 12.1 Å². The molecule has 0 aliphatic carbocycles. The summed E-state index contributed by atoms with van der Waals surface area (Å²) in [5.74, 6) is -1.04. The number of carbonyl (C=O) groups excluding carboxylic acids is 2. The standard InChI is InChI=1S/C25H25FN4O3/c1-28-13-14-30(22(16-28)18-5-3-2-4-6-18)24(32)17-29-15-19(7-12-23(29)31)25(33)27-21-10-8-20(26)9-11-21/h2-12,15,22H,13-14,16-17H2,1H3,(H,27,33)/t22-/m0/s1. The fourth-order valence-electron chi connectivity index (χ4n) is 3.94. The highest BCUT2D eigenvalue weighted by molar-refractivity contribution is 6.04. The Labute approximate surface area is 191 Å². The van der Waals surface area contributed by atoms with Crippen molar-refractivity contribution in [1.29, 1.82) is 0 Å². The number of nitrogens with zero attached hydrogens (tertiary/aromatic N) is 3. The molecule has 1 aliphatic heterocycles. The normalized spacial score (nSPS) is 16.4. The second-order valence-electron chi connectivity index (χ2n) is 8.12. The van der Waals surface area contributed by atoms with E-state index in [2.05, 4.69) is 10.2 Å². The summed E-state index contributed by atoms with van der Waals surface area (Å²) in [5.41, 5.74) is 1.33. The first-order chi connectivity index (χ1) is 15.9. The van der Waals surface area contributed by atoms with Gasteiger partial charge in [0.2, 0.25) is 5.91 Å². The number of pyridine rings is 1. The smallest absolute Gasteiger partial charge is 0.257 e. The minimum atomic E-state index is -0.454.